The average Bonchev–Trinajstić information content (AvgIpc) is 2.17. The van der Waals surface area contributed by atoms with Crippen LogP contribution in [-0.2, 0) is 4.74 Å². The summed E-state index contributed by atoms with van der Waals surface area (Å²) in [5, 5.41) is 0. The Balaban J connectivity index is 2.61. The van der Waals surface area contributed by atoms with Crippen molar-refractivity contribution in [2.75, 3.05) is 13.7 Å². The third kappa shape index (κ3) is 3.61. The molecule has 1 unspecified atom stereocenters. The molecular weight excluding hydrogens is 193 g/mol. The summed E-state index contributed by atoms with van der Waals surface area (Å²) in [7, 11) is 1.65. The van der Waals surface area contributed by atoms with Crippen molar-refractivity contribution in [2.45, 2.75) is 25.8 Å². The Hall–Kier alpha value is -0.930. The van der Waals surface area contributed by atoms with Crippen LogP contribution in [0.25, 0.3) is 0 Å². The molecule has 0 saturated heterocycles. The van der Waals surface area contributed by atoms with E-state index in [1.165, 1.54) is 6.07 Å². The van der Waals surface area contributed by atoms with E-state index in [0.717, 1.165) is 18.4 Å². The van der Waals surface area contributed by atoms with Crippen molar-refractivity contribution in [1.82, 2.24) is 0 Å². The van der Waals surface area contributed by atoms with Crippen LogP contribution in [0.1, 0.15) is 30.0 Å². The monoisotopic (exact) mass is 211 g/mol. The number of benzene rings is 1. The number of aryl methyl sites for hydroxylation is 1. The Kier molecular flexibility index (Phi) is 4.72. The molecule has 0 amide bonds. The number of nitrogens with two attached hydrogens (primary N) is 1. The van der Waals surface area contributed by atoms with E-state index >= 15 is 0 Å². The molecule has 2 N–H and O–H groups in total. The highest BCUT2D eigenvalue weighted by Crippen LogP contribution is 2.20. The van der Waals surface area contributed by atoms with Gasteiger partial charge in [0.15, 0.2) is 0 Å². The van der Waals surface area contributed by atoms with Gasteiger partial charge in [-0.15, -0.1) is 0 Å². The molecule has 2 nitrogen and oxygen atoms in total. The molecular formula is C12H18FNO. The van der Waals surface area contributed by atoms with Crippen LogP contribution in [0.5, 0.6) is 0 Å². The van der Waals surface area contributed by atoms with Crippen LogP contribution in [0.15, 0.2) is 18.2 Å². The van der Waals surface area contributed by atoms with Gasteiger partial charge in [0.2, 0.25) is 0 Å². The number of halogens is 1. The number of ether oxygens (including phenoxy) is 1. The highest BCUT2D eigenvalue weighted by atomic mass is 19.1. The normalized spacial score (nSPS) is 12.8. The molecule has 1 aromatic rings. The fourth-order valence-electron chi connectivity index (χ4n) is 1.54. The molecule has 15 heavy (non-hydrogen) atoms. The molecule has 84 valence electrons. The van der Waals surface area contributed by atoms with Crippen LogP contribution in [0.2, 0.25) is 0 Å². The molecule has 0 aliphatic heterocycles. The predicted molar refractivity (Wildman–Crippen MR) is 59.2 cm³/mol. The predicted octanol–water partition coefficient (Wildman–Crippen LogP) is 2.56. The zero-order chi connectivity index (χ0) is 11.3. The zero-order valence-electron chi connectivity index (χ0n) is 9.29. The second-order valence-electron chi connectivity index (χ2n) is 3.77. The van der Waals surface area contributed by atoms with E-state index in [2.05, 4.69) is 0 Å². The molecule has 3 heteroatoms. The highest BCUT2D eigenvalue weighted by molar-refractivity contribution is 5.25. The van der Waals surface area contributed by atoms with Gasteiger partial charge in [-0.1, -0.05) is 12.1 Å². The molecule has 1 rings (SSSR count). The van der Waals surface area contributed by atoms with E-state index in [4.69, 9.17) is 10.5 Å². The third-order valence-electron chi connectivity index (χ3n) is 2.42. The summed E-state index contributed by atoms with van der Waals surface area (Å²) >= 11 is 0. The highest BCUT2D eigenvalue weighted by Gasteiger charge is 2.10. The van der Waals surface area contributed by atoms with E-state index in [9.17, 15) is 4.39 Å². The lowest BCUT2D eigenvalue weighted by Gasteiger charge is -2.12. The first-order valence-corrected chi connectivity index (χ1v) is 5.15. The lowest BCUT2D eigenvalue weighted by atomic mass is 10.0. The van der Waals surface area contributed by atoms with Crippen molar-refractivity contribution in [3.8, 4) is 0 Å². The maximum Gasteiger partial charge on any atom is 0.128 e. The molecule has 0 aromatic heterocycles. The van der Waals surface area contributed by atoms with Gasteiger partial charge in [-0.25, -0.2) is 4.39 Å². The summed E-state index contributed by atoms with van der Waals surface area (Å²) in [6.07, 6.45) is 1.60. The Bertz CT molecular complexity index is 314. The van der Waals surface area contributed by atoms with E-state index in [1.54, 1.807) is 13.2 Å². The van der Waals surface area contributed by atoms with Crippen LogP contribution in [0, 0.1) is 12.7 Å². The standard InChI is InChI=1S/C12H18FNO/c1-9-5-6-10(11(13)8-9)12(14)4-3-7-15-2/h5-6,8,12H,3-4,7,14H2,1-2H3. The van der Waals surface area contributed by atoms with E-state index in [-0.39, 0.29) is 11.9 Å². The molecule has 0 bridgehead atoms. The van der Waals surface area contributed by atoms with Crippen molar-refractivity contribution >= 4 is 0 Å². The summed E-state index contributed by atoms with van der Waals surface area (Å²) in [6, 6.07) is 4.93. The minimum absolute atomic E-state index is 0.208. The van der Waals surface area contributed by atoms with Crippen LogP contribution >= 0.6 is 0 Å². The molecule has 0 aliphatic carbocycles. The van der Waals surface area contributed by atoms with Crippen molar-refractivity contribution < 1.29 is 9.13 Å². The summed E-state index contributed by atoms with van der Waals surface area (Å²) < 4.78 is 18.4. The van der Waals surface area contributed by atoms with Gasteiger partial charge in [0, 0.05) is 25.3 Å². The molecule has 0 fully saturated rings. The largest absolute Gasteiger partial charge is 0.385 e. The number of methoxy groups -OCH3 is 1. The first-order chi connectivity index (χ1) is 7.15. The van der Waals surface area contributed by atoms with Crippen LogP contribution in [0.3, 0.4) is 0 Å². The number of hydrogen-bond donors (Lipinski definition) is 1. The Morgan fingerprint density at radius 1 is 1.47 bits per heavy atom. The maximum atomic E-state index is 13.5. The quantitative estimate of drug-likeness (QED) is 0.760. The van der Waals surface area contributed by atoms with Gasteiger partial charge in [0.1, 0.15) is 5.82 Å². The summed E-state index contributed by atoms with van der Waals surface area (Å²) in [5.74, 6) is -0.208. The SMILES string of the molecule is COCCCC(N)c1ccc(C)cc1F. The van der Waals surface area contributed by atoms with Crippen LogP contribution < -0.4 is 5.73 Å². The maximum absolute atomic E-state index is 13.5. The van der Waals surface area contributed by atoms with Gasteiger partial charge in [-0.05, 0) is 31.4 Å². The Morgan fingerprint density at radius 2 is 2.20 bits per heavy atom. The number of hydrogen-bond acceptors (Lipinski definition) is 2. The van der Waals surface area contributed by atoms with Gasteiger partial charge in [0.05, 0.1) is 0 Å². The molecule has 1 atom stereocenters. The van der Waals surface area contributed by atoms with Crippen LogP contribution in [-0.4, -0.2) is 13.7 Å². The fraction of sp³-hybridized carbons (Fsp3) is 0.500. The smallest absolute Gasteiger partial charge is 0.128 e. The molecule has 0 heterocycles. The van der Waals surface area contributed by atoms with Crippen molar-refractivity contribution in [3.05, 3.63) is 35.1 Å². The first-order valence-electron chi connectivity index (χ1n) is 5.15. The average molecular weight is 211 g/mol. The second kappa shape index (κ2) is 5.83. The molecule has 0 radical (unpaired) electrons. The van der Waals surface area contributed by atoms with Gasteiger partial charge >= 0.3 is 0 Å². The minimum atomic E-state index is -0.235. The number of rotatable bonds is 5. The lowest BCUT2D eigenvalue weighted by molar-refractivity contribution is 0.190. The first kappa shape index (κ1) is 12.1. The summed E-state index contributed by atoms with van der Waals surface area (Å²) in [6.45, 7) is 2.53. The van der Waals surface area contributed by atoms with Gasteiger partial charge in [-0.3, -0.25) is 0 Å². The van der Waals surface area contributed by atoms with Crippen LogP contribution in [0.4, 0.5) is 4.39 Å². The minimum Gasteiger partial charge on any atom is -0.385 e. The van der Waals surface area contributed by atoms with E-state index < -0.39 is 0 Å². The van der Waals surface area contributed by atoms with Crippen molar-refractivity contribution in [3.63, 3.8) is 0 Å². The second-order valence-corrected chi connectivity index (χ2v) is 3.77. The Labute approximate surface area is 90.2 Å². The van der Waals surface area contributed by atoms with E-state index in [1.807, 2.05) is 13.0 Å². The van der Waals surface area contributed by atoms with Gasteiger partial charge in [-0.2, -0.15) is 0 Å². The third-order valence-corrected chi connectivity index (χ3v) is 2.42. The van der Waals surface area contributed by atoms with Crippen molar-refractivity contribution in [2.24, 2.45) is 5.73 Å². The molecule has 0 aliphatic rings. The molecule has 1 aromatic carbocycles. The molecule has 0 spiro atoms. The fourth-order valence-corrected chi connectivity index (χ4v) is 1.54. The lowest BCUT2D eigenvalue weighted by Crippen LogP contribution is -2.13. The summed E-state index contributed by atoms with van der Waals surface area (Å²) in [5.41, 5.74) is 7.40. The molecule has 0 saturated carbocycles. The van der Waals surface area contributed by atoms with Gasteiger partial charge in [0.25, 0.3) is 0 Å². The van der Waals surface area contributed by atoms with Crippen molar-refractivity contribution in [1.29, 1.82) is 0 Å². The van der Waals surface area contributed by atoms with Gasteiger partial charge < -0.3 is 10.5 Å². The van der Waals surface area contributed by atoms with E-state index in [0.29, 0.717) is 12.2 Å². The zero-order valence-corrected chi connectivity index (χ0v) is 9.29. The topological polar surface area (TPSA) is 35.2 Å². The Morgan fingerprint density at radius 3 is 2.80 bits per heavy atom. The summed E-state index contributed by atoms with van der Waals surface area (Å²) in [4.78, 5) is 0.